The van der Waals surface area contributed by atoms with Crippen LogP contribution in [0.2, 0.25) is 0 Å². The molecule has 20 heavy (non-hydrogen) atoms. The summed E-state index contributed by atoms with van der Waals surface area (Å²) in [5.41, 5.74) is 6.55. The zero-order valence-electron chi connectivity index (χ0n) is 11.9. The quantitative estimate of drug-likeness (QED) is 0.813. The molecule has 1 saturated carbocycles. The lowest BCUT2D eigenvalue weighted by Gasteiger charge is -2.16. The Hall–Kier alpha value is -1.43. The number of rotatable bonds is 5. The number of carbonyl (C=O) groups excluding carboxylic acids is 1. The Labute approximate surface area is 123 Å². The molecule has 110 valence electrons. The number of aromatic nitrogens is 1. The van der Waals surface area contributed by atoms with Gasteiger partial charge in [-0.3, -0.25) is 0 Å². The fourth-order valence-electron chi connectivity index (χ4n) is 2.51. The number of nitrogens with two attached hydrogens (primary N) is 1. The average Bonchev–Trinajstić information content (AvgIpc) is 2.88. The van der Waals surface area contributed by atoms with Gasteiger partial charge in [0.15, 0.2) is 0 Å². The first-order valence-electron chi connectivity index (χ1n) is 6.86. The van der Waals surface area contributed by atoms with Crippen LogP contribution in [0.25, 0.3) is 0 Å². The van der Waals surface area contributed by atoms with Crippen molar-refractivity contribution in [1.29, 1.82) is 0 Å². The topological polar surface area (TPSA) is 77.2 Å². The summed E-state index contributed by atoms with van der Waals surface area (Å²) in [6.45, 7) is 2.18. The Bertz CT molecular complexity index is 481. The number of esters is 1. The van der Waals surface area contributed by atoms with Crippen LogP contribution in [-0.2, 0) is 4.74 Å². The van der Waals surface area contributed by atoms with Crippen molar-refractivity contribution in [2.24, 2.45) is 0 Å². The van der Waals surface area contributed by atoms with Crippen LogP contribution >= 0.6 is 11.8 Å². The molecule has 2 atom stereocenters. The molecule has 0 spiro atoms. The van der Waals surface area contributed by atoms with Crippen LogP contribution in [0.15, 0.2) is 12.3 Å². The van der Waals surface area contributed by atoms with E-state index in [0.29, 0.717) is 28.4 Å². The van der Waals surface area contributed by atoms with Gasteiger partial charge in [0.2, 0.25) is 0 Å². The average molecular weight is 295 g/mol. The largest absolute Gasteiger partial charge is 0.465 e. The number of nitrogen functional groups attached to an aromatic ring is 1. The first-order valence-corrected chi connectivity index (χ1v) is 7.90. The van der Waals surface area contributed by atoms with Crippen LogP contribution in [0, 0.1) is 0 Å². The summed E-state index contributed by atoms with van der Waals surface area (Å²) >= 11 is 2.00. The summed E-state index contributed by atoms with van der Waals surface area (Å²) < 4.78 is 4.78. The Balaban J connectivity index is 2.08. The standard InChI is InChI=1S/C14H21N3O2S/c1-3-20-11-5-4-10(7-11)17-13-12(14(18)19-2)6-9(15)8-16-13/h6,8,10-11H,3-5,7,15H2,1-2H3,(H,16,17). The van der Waals surface area contributed by atoms with E-state index in [1.165, 1.54) is 13.5 Å². The molecule has 1 aliphatic rings. The lowest BCUT2D eigenvalue weighted by molar-refractivity contribution is 0.0601. The smallest absolute Gasteiger partial charge is 0.341 e. The van der Waals surface area contributed by atoms with Crippen LogP contribution in [0.1, 0.15) is 36.5 Å². The highest BCUT2D eigenvalue weighted by molar-refractivity contribution is 7.99. The summed E-state index contributed by atoms with van der Waals surface area (Å²) in [6, 6.07) is 1.97. The molecule has 5 nitrogen and oxygen atoms in total. The summed E-state index contributed by atoms with van der Waals surface area (Å²) in [5, 5.41) is 4.06. The maximum Gasteiger partial charge on any atom is 0.341 e. The van der Waals surface area contributed by atoms with Gasteiger partial charge in [-0.1, -0.05) is 6.92 Å². The number of nitrogens with one attached hydrogen (secondary N) is 1. The summed E-state index contributed by atoms with van der Waals surface area (Å²) in [4.78, 5) is 16.0. The Morgan fingerprint density at radius 2 is 2.40 bits per heavy atom. The second-order valence-electron chi connectivity index (χ2n) is 4.89. The normalized spacial score (nSPS) is 21.7. The number of thioether (sulfide) groups is 1. The van der Waals surface area contributed by atoms with Crippen LogP contribution in [0.4, 0.5) is 11.5 Å². The van der Waals surface area contributed by atoms with E-state index in [-0.39, 0.29) is 0 Å². The molecule has 1 heterocycles. The molecule has 2 rings (SSSR count). The van der Waals surface area contributed by atoms with Crippen LogP contribution in [-0.4, -0.2) is 35.1 Å². The minimum atomic E-state index is -0.412. The highest BCUT2D eigenvalue weighted by Crippen LogP contribution is 2.32. The van der Waals surface area contributed by atoms with Gasteiger partial charge in [-0.15, -0.1) is 0 Å². The van der Waals surface area contributed by atoms with E-state index in [2.05, 4.69) is 17.2 Å². The number of carbonyl (C=O) groups is 1. The molecule has 0 aromatic carbocycles. The second-order valence-corrected chi connectivity index (χ2v) is 6.47. The van der Waals surface area contributed by atoms with Crippen LogP contribution in [0.3, 0.4) is 0 Å². The second kappa shape index (κ2) is 6.83. The van der Waals surface area contributed by atoms with Crippen molar-refractivity contribution in [2.45, 2.75) is 37.5 Å². The molecule has 1 aromatic rings. The van der Waals surface area contributed by atoms with Crippen molar-refractivity contribution in [1.82, 2.24) is 4.98 Å². The number of nitrogens with zero attached hydrogens (tertiary/aromatic N) is 1. The molecular weight excluding hydrogens is 274 g/mol. The van der Waals surface area contributed by atoms with Gasteiger partial charge in [0.05, 0.1) is 19.0 Å². The first-order chi connectivity index (χ1) is 9.63. The highest BCUT2D eigenvalue weighted by atomic mass is 32.2. The number of hydrogen-bond acceptors (Lipinski definition) is 6. The van der Waals surface area contributed by atoms with Crippen molar-refractivity contribution in [2.75, 3.05) is 23.9 Å². The van der Waals surface area contributed by atoms with Gasteiger partial charge in [-0.2, -0.15) is 11.8 Å². The zero-order valence-corrected chi connectivity index (χ0v) is 12.7. The van der Waals surface area contributed by atoms with Gasteiger partial charge in [0.1, 0.15) is 11.4 Å². The van der Waals surface area contributed by atoms with E-state index in [1.807, 2.05) is 11.8 Å². The molecule has 0 aliphatic heterocycles. The molecule has 2 unspecified atom stereocenters. The van der Waals surface area contributed by atoms with E-state index in [9.17, 15) is 4.79 Å². The first kappa shape index (κ1) is 15.0. The predicted octanol–water partition coefficient (Wildman–Crippen LogP) is 2.54. The third-order valence-corrected chi connectivity index (χ3v) is 4.67. The van der Waals surface area contributed by atoms with Crippen molar-refractivity contribution in [3.63, 3.8) is 0 Å². The van der Waals surface area contributed by atoms with E-state index in [4.69, 9.17) is 10.5 Å². The lowest BCUT2D eigenvalue weighted by Crippen LogP contribution is -2.20. The van der Waals surface area contributed by atoms with Gasteiger partial charge < -0.3 is 15.8 Å². The molecule has 0 saturated heterocycles. The number of methoxy groups -OCH3 is 1. The van der Waals surface area contributed by atoms with E-state index in [1.54, 1.807) is 12.3 Å². The molecule has 6 heteroatoms. The molecule has 0 radical (unpaired) electrons. The van der Waals surface area contributed by atoms with Crippen molar-refractivity contribution in [3.8, 4) is 0 Å². The molecule has 0 amide bonds. The summed E-state index contributed by atoms with van der Waals surface area (Å²) in [5.74, 6) is 1.30. The van der Waals surface area contributed by atoms with Crippen LogP contribution in [0.5, 0.6) is 0 Å². The molecule has 1 aliphatic carbocycles. The van der Waals surface area contributed by atoms with Gasteiger partial charge in [-0.05, 0) is 31.1 Å². The fourth-order valence-corrected chi connectivity index (χ4v) is 3.66. The molecule has 3 N–H and O–H groups in total. The van der Waals surface area contributed by atoms with E-state index in [0.717, 1.165) is 18.6 Å². The molecule has 1 aromatic heterocycles. The number of anilines is 2. The monoisotopic (exact) mass is 295 g/mol. The zero-order chi connectivity index (χ0) is 14.5. The van der Waals surface area contributed by atoms with Gasteiger partial charge >= 0.3 is 5.97 Å². The minimum absolute atomic E-state index is 0.360. The van der Waals surface area contributed by atoms with Gasteiger partial charge in [-0.25, -0.2) is 9.78 Å². The van der Waals surface area contributed by atoms with Gasteiger partial charge in [0, 0.05) is 11.3 Å². The minimum Gasteiger partial charge on any atom is -0.465 e. The third kappa shape index (κ3) is 3.56. The van der Waals surface area contributed by atoms with Gasteiger partial charge in [0.25, 0.3) is 0 Å². The predicted molar refractivity (Wildman–Crippen MR) is 83.2 cm³/mol. The van der Waals surface area contributed by atoms with Crippen molar-refractivity contribution < 1.29 is 9.53 Å². The SMILES string of the molecule is CCSC1CCC(Nc2ncc(N)cc2C(=O)OC)C1. The Morgan fingerprint density at radius 1 is 1.60 bits per heavy atom. The van der Waals surface area contributed by atoms with Crippen LogP contribution < -0.4 is 11.1 Å². The molecule has 1 fully saturated rings. The number of pyridine rings is 1. The molecule has 0 bridgehead atoms. The highest BCUT2D eigenvalue weighted by Gasteiger charge is 2.26. The maximum atomic E-state index is 11.8. The van der Waals surface area contributed by atoms with E-state index >= 15 is 0 Å². The van der Waals surface area contributed by atoms with E-state index < -0.39 is 5.97 Å². The fraction of sp³-hybridized carbons (Fsp3) is 0.571. The Morgan fingerprint density at radius 3 is 3.10 bits per heavy atom. The molecular formula is C14H21N3O2S. The maximum absolute atomic E-state index is 11.8. The third-order valence-electron chi connectivity index (χ3n) is 3.44. The summed E-state index contributed by atoms with van der Waals surface area (Å²) in [6.07, 6.45) is 4.97. The number of hydrogen-bond donors (Lipinski definition) is 2. The Kier molecular flexibility index (Phi) is 5.11. The lowest BCUT2D eigenvalue weighted by atomic mass is 10.2. The van der Waals surface area contributed by atoms with Crippen molar-refractivity contribution in [3.05, 3.63) is 17.8 Å². The number of ether oxygens (including phenoxy) is 1. The summed E-state index contributed by atoms with van der Waals surface area (Å²) in [7, 11) is 1.36. The van der Waals surface area contributed by atoms with Crippen molar-refractivity contribution >= 4 is 29.2 Å².